The van der Waals surface area contributed by atoms with E-state index in [0.717, 1.165) is 32.1 Å². The fourth-order valence-corrected chi connectivity index (χ4v) is 16.5. The van der Waals surface area contributed by atoms with Crippen LogP contribution in [0.1, 0.15) is 92.4 Å². The van der Waals surface area contributed by atoms with Crippen molar-refractivity contribution in [3.05, 3.63) is 11.6 Å². The minimum atomic E-state index is -2.04. The highest BCUT2D eigenvalue weighted by molar-refractivity contribution is 5.26. The number of fused-ring (bicyclic) bond motifs is 7. The van der Waals surface area contributed by atoms with Gasteiger partial charge in [0, 0.05) is 12.3 Å². The number of allylic oxidation sites excluding steroid dienone is 1. The Labute approximate surface area is 492 Å². The van der Waals surface area contributed by atoms with Crippen molar-refractivity contribution in [3.63, 3.8) is 0 Å². The highest BCUT2D eigenvalue weighted by Gasteiger charge is 2.68. The number of aliphatic hydroxyl groups excluding tert-OH is 16. The zero-order chi connectivity index (χ0) is 61.5. The minimum Gasteiger partial charge on any atom is -0.394 e. The van der Waals surface area contributed by atoms with Crippen molar-refractivity contribution in [2.45, 2.75) is 264 Å². The molecule has 9 fully saturated rings. The Morgan fingerprint density at radius 2 is 1.09 bits per heavy atom. The van der Waals surface area contributed by atoms with E-state index in [1.54, 1.807) is 0 Å². The summed E-state index contributed by atoms with van der Waals surface area (Å²) in [7, 11) is 0. The molecule has 10 aliphatic rings. The fourth-order valence-electron chi connectivity index (χ4n) is 16.5. The highest BCUT2D eigenvalue weighted by atomic mass is 16.8. The van der Waals surface area contributed by atoms with Crippen LogP contribution in [0.5, 0.6) is 0 Å². The number of aliphatic hydroxyl groups is 17. The fraction of sp³-hybridized carbons (Fsp3) is 0.965. The van der Waals surface area contributed by atoms with Crippen molar-refractivity contribution in [3.8, 4) is 0 Å². The normalized spacial score (nSPS) is 54.8. The molecule has 6 aliphatic heterocycles. The van der Waals surface area contributed by atoms with Crippen molar-refractivity contribution in [2.24, 2.45) is 46.3 Å². The van der Waals surface area contributed by atoms with Gasteiger partial charge in [0.2, 0.25) is 0 Å². The average Bonchev–Trinajstić information content (AvgIpc) is 1.60. The molecule has 85 heavy (non-hydrogen) atoms. The van der Waals surface area contributed by atoms with Crippen LogP contribution < -0.4 is 0 Å². The van der Waals surface area contributed by atoms with E-state index >= 15 is 0 Å². The summed E-state index contributed by atoms with van der Waals surface area (Å²) in [5, 5.41) is 183. The second kappa shape index (κ2) is 26.3. The lowest BCUT2D eigenvalue weighted by atomic mass is 9.47. The van der Waals surface area contributed by atoms with Crippen molar-refractivity contribution in [2.75, 3.05) is 33.0 Å². The summed E-state index contributed by atoms with van der Waals surface area (Å²) in [6.07, 6.45) is -33.3. The molecule has 0 bridgehead atoms. The molecule has 1 unspecified atom stereocenters. The maximum atomic E-state index is 12.4. The first-order chi connectivity index (χ1) is 40.2. The van der Waals surface area contributed by atoms with Crippen molar-refractivity contribution in [1.82, 2.24) is 0 Å². The number of ether oxygens (including phenoxy) is 11. The molecular weight excluding hydrogens is 1130 g/mol. The van der Waals surface area contributed by atoms with E-state index in [0.29, 0.717) is 43.4 Å². The third kappa shape index (κ3) is 12.2. The summed E-state index contributed by atoms with van der Waals surface area (Å²) in [5.41, 5.74) is 0.880. The second-order valence-electron chi connectivity index (χ2n) is 26.6. The predicted octanol–water partition coefficient (Wildman–Crippen LogP) is -5.18. The Morgan fingerprint density at radius 1 is 0.553 bits per heavy atom. The van der Waals surface area contributed by atoms with Crippen LogP contribution in [0.3, 0.4) is 0 Å². The van der Waals surface area contributed by atoms with Gasteiger partial charge in [0.25, 0.3) is 0 Å². The number of rotatable bonds is 18. The molecule has 0 amide bonds. The van der Waals surface area contributed by atoms with E-state index in [9.17, 15) is 86.8 Å². The van der Waals surface area contributed by atoms with Gasteiger partial charge < -0.3 is 139 Å². The van der Waals surface area contributed by atoms with Crippen LogP contribution in [0.4, 0.5) is 0 Å². The van der Waals surface area contributed by atoms with E-state index in [4.69, 9.17) is 52.1 Å². The summed E-state index contributed by atoms with van der Waals surface area (Å²) in [5.74, 6) is -0.555. The summed E-state index contributed by atoms with van der Waals surface area (Å²) in [4.78, 5) is 0. The summed E-state index contributed by atoms with van der Waals surface area (Å²) in [6.45, 7) is 7.16. The molecule has 0 radical (unpaired) electrons. The van der Waals surface area contributed by atoms with Crippen LogP contribution in [0.15, 0.2) is 11.6 Å². The summed E-state index contributed by atoms with van der Waals surface area (Å²) < 4.78 is 66.2. The van der Waals surface area contributed by atoms with Crippen molar-refractivity contribution < 1.29 is 139 Å². The first-order valence-electron chi connectivity index (χ1n) is 30.4. The van der Waals surface area contributed by atoms with Gasteiger partial charge >= 0.3 is 0 Å². The maximum Gasteiger partial charge on any atom is 0.187 e. The topological polar surface area (TPSA) is 445 Å². The molecule has 0 spiro atoms. The van der Waals surface area contributed by atoms with Gasteiger partial charge in [-0.15, -0.1) is 0 Å². The zero-order valence-corrected chi connectivity index (χ0v) is 48.6. The van der Waals surface area contributed by atoms with E-state index < -0.39 is 192 Å². The van der Waals surface area contributed by atoms with Gasteiger partial charge in [-0.2, -0.15) is 0 Å². The van der Waals surface area contributed by atoms with E-state index in [2.05, 4.69) is 26.8 Å². The first kappa shape index (κ1) is 66.5. The molecule has 0 aromatic rings. The van der Waals surface area contributed by atoms with E-state index in [-0.39, 0.29) is 41.3 Å². The lowest BCUT2D eigenvalue weighted by Gasteiger charge is -2.58. The Kier molecular flexibility index (Phi) is 20.6. The third-order valence-corrected chi connectivity index (χ3v) is 21.6. The molecule has 36 atom stereocenters. The zero-order valence-electron chi connectivity index (χ0n) is 48.6. The van der Waals surface area contributed by atoms with E-state index in [1.165, 1.54) is 12.5 Å². The van der Waals surface area contributed by atoms with Crippen LogP contribution in [-0.4, -0.2) is 291 Å². The molecule has 17 N–H and O–H groups in total. The quantitative estimate of drug-likeness (QED) is 0.0571. The standard InChI is InChI=1S/C57H94O28/c1-21(20-75-50-42(69)40(67)36(63)30(16-58)78-50)8-13-57(74)22(2)34-29(85-57)15-28-26-7-6-24-14-25(9-11-55(24,4)27(26)10-12-56(28,34)5)77-54-49(84-51-43(70)39(66)35(62)23(3)76-51)45(72)47(33(19-61)81-54)82-53-46(73)48(38(65)32(18-60)80-53)83-52-44(71)41(68)37(64)31(17-59)79-52/h6,21-23,25-54,58-74H,7-20H2,1-5H3/t21-,22+,23+,25+,26-,27+,28+,29+,30-,31-,32-,33-,34+,35+,36-,37-,38-,39-,40+,41+,42-,43-,44-,45+,46-,47-,48+,49-,50-,51+,52+,53+,54-,55+,56+,57?/m1/s1. The van der Waals surface area contributed by atoms with Crippen molar-refractivity contribution >= 4 is 0 Å². The lowest BCUT2D eigenvalue weighted by molar-refractivity contribution is -0.396. The third-order valence-electron chi connectivity index (χ3n) is 21.6. The number of hydrogen-bond acceptors (Lipinski definition) is 28. The van der Waals surface area contributed by atoms with Gasteiger partial charge in [-0.3, -0.25) is 0 Å². The monoisotopic (exact) mass is 1230 g/mol. The highest BCUT2D eigenvalue weighted by Crippen LogP contribution is 2.70. The molecule has 3 saturated carbocycles. The van der Waals surface area contributed by atoms with Crippen LogP contribution in [0.2, 0.25) is 0 Å². The van der Waals surface area contributed by atoms with Crippen LogP contribution in [-0.2, 0) is 52.1 Å². The van der Waals surface area contributed by atoms with Crippen molar-refractivity contribution in [1.29, 1.82) is 0 Å². The maximum absolute atomic E-state index is 12.4. The Balaban J connectivity index is 0.803. The average molecular weight is 1230 g/mol. The molecule has 0 aromatic carbocycles. The number of hydrogen-bond donors (Lipinski definition) is 17. The molecule has 28 nitrogen and oxygen atoms in total. The van der Waals surface area contributed by atoms with Crippen LogP contribution in [0.25, 0.3) is 0 Å². The summed E-state index contributed by atoms with van der Waals surface area (Å²) >= 11 is 0. The lowest BCUT2D eigenvalue weighted by Crippen LogP contribution is -2.68. The van der Waals surface area contributed by atoms with Gasteiger partial charge in [-0.25, -0.2) is 0 Å². The Morgan fingerprint density at radius 3 is 1.73 bits per heavy atom. The minimum absolute atomic E-state index is 0.106. The second-order valence-corrected chi connectivity index (χ2v) is 26.6. The molecule has 28 heteroatoms. The molecule has 4 aliphatic carbocycles. The van der Waals surface area contributed by atoms with Gasteiger partial charge in [-0.1, -0.05) is 39.3 Å². The van der Waals surface area contributed by atoms with Crippen LogP contribution in [0, 0.1) is 46.3 Å². The molecule has 6 heterocycles. The molecule has 0 aromatic heterocycles. The Bertz CT molecular complexity index is 2240. The van der Waals surface area contributed by atoms with Gasteiger partial charge in [0.15, 0.2) is 37.2 Å². The Hall–Kier alpha value is -1.38. The molecule has 490 valence electrons. The van der Waals surface area contributed by atoms with Crippen LogP contribution >= 0.6 is 0 Å². The van der Waals surface area contributed by atoms with Gasteiger partial charge in [-0.05, 0) is 98.7 Å². The summed E-state index contributed by atoms with van der Waals surface area (Å²) in [6, 6.07) is 0. The smallest absolute Gasteiger partial charge is 0.187 e. The predicted molar refractivity (Wildman–Crippen MR) is 283 cm³/mol. The SMILES string of the molecule is C[C@H](CCC1(O)O[C@H]2C[C@H]3[C@@H]4CC=C5C[C@@H](O[C@@H]6O[C@H](CO)[C@@H](O[C@@H]7O[C@H](CO)[C@@H](O)[C@H](O[C@@H]8O[C@H](CO)[C@@H](O)[C@H](O)[C@H]8O)[C@H]7O)[C@H](O)[C@H]6O[C@@H]6O[C@@H](C)[C@H](O)[C@@H](O)[C@H]6O)CC[C@]5(C)[C@H]4CC[C@]3(C)[C@H]2[C@@H]1C)CO[C@@H]1O[C@H](CO)[C@@H](O)[C@H](O)[C@H]1O. The van der Waals surface area contributed by atoms with Gasteiger partial charge in [0.05, 0.1) is 51.3 Å². The molecule has 10 rings (SSSR count). The van der Waals surface area contributed by atoms with Gasteiger partial charge in [0.1, 0.15) is 116 Å². The van der Waals surface area contributed by atoms with E-state index in [1.807, 2.05) is 6.92 Å². The first-order valence-corrected chi connectivity index (χ1v) is 30.4. The largest absolute Gasteiger partial charge is 0.394 e. The molecule has 6 saturated heterocycles. The molecular formula is C57H94O28.